The van der Waals surface area contributed by atoms with Gasteiger partial charge in [-0.15, -0.1) is 0 Å². The average molecular weight is 414 g/mol. The Bertz CT molecular complexity index is 864. The standard InChI is InChI=1S/C23H32FN5O/c1-5-29(6-2)21-11-10-18(15-20(21)24)16-28-23(26-4)27-13-12-17-8-7-9-19(14-17)22(30)25-3/h7-11,14-15H,5-6,12-13,16H2,1-4H3,(H,25,30)(H2,26,27,28). The van der Waals surface area contributed by atoms with Crippen LogP contribution in [0.4, 0.5) is 10.1 Å². The fourth-order valence-electron chi connectivity index (χ4n) is 3.23. The highest BCUT2D eigenvalue weighted by molar-refractivity contribution is 5.94. The molecule has 2 aromatic carbocycles. The molecule has 1 amide bonds. The number of carbonyl (C=O) groups excluding carboxylic acids is 1. The molecule has 0 radical (unpaired) electrons. The lowest BCUT2D eigenvalue weighted by Crippen LogP contribution is -2.37. The molecule has 0 spiro atoms. The predicted octanol–water partition coefficient (Wildman–Crippen LogP) is 2.94. The minimum Gasteiger partial charge on any atom is -0.370 e. The van der Waals surface area contributed by atoms with E-state index < -0.39 is 0 Å². The van der Waals surface area contributed by atoms with Gasteiger partial charge in [0.2, 0.25) is 0 Å². The Labute approximate surface area is 178 Å². The number of nitrogens with one attached hydrogen (secondary N) is 3. The summed E-state index contributed by atoms with van der Waals surface area (Å²) >= 11 is 0. The van der Waals surface area contributed by atoms with Crippen LogP contribution in [0.2, 0.25) is 0 Å². The van der Waals surface area contributed by atoms with Crippen molar-refractivity contribution in [2.45, 2.75) is 26.8 Å². The van der Waals surface area contributed by atoms with Crippen LogP contribution in [0.25, 0.3) is 0 Å². The topological polar surface area (TPSA) is 68.8 Å². The number of hydrogen-bond acceptors (Lipinski definition) is 3. The molecule has 0 fully saturated rings. The van der Waals surface area contributed by atoms with E-state index >= 15 is 0 Å². The number of benzene rings is 2. The molecule has 2 rings (SSSR count). The van der Waals surface area contributed by atoms with Crippen LogP contribution in [-0.4, -0.2) is 45.6 Å². The van der Waals surface area contributed by atoms with Gasteiger partial charge >= 0.3 is 0 Å². The molecule has 0 aliphatic carbocycles. The number of guanidine groups is 1. The molecule has 0 heterocycles. The molecule has 30 heavy (non-hydrogen) atoms. The number of hydrogen-bond donors (Lipinski definition) is 3. The van der Waals surface area contributed by atoms with Gasteiger partial charge in [-0.3, -0.25) is 9.79 Å². The predicted molar refractivity (Wildman–Crippen MR) is 122 cm³/mol. The Morgan fingerprint density at radius 2 is 1.83 bits per heavy atom. The second kappa shape index (κ2) is 11.8. The van der Waals surface area contributed by atoms with Gasteiger partial charge in [0.1, 0.15) is 5.82 Å². The van der Waals surface area contributed by atoms with Crippen molar-refractivity contribution >= 4 is 17.6 Å². The third kappa shape index (κ3) is 6.47. The summed E-state index contributed by atoms with van der Waals surface area (Å²) in [6.07, 6.45) is 0.749. The number of carbonyl (C=O) groups is 1. The van der Waals surface area contributed by atoms with Crippen LogP contribution < -0.4 is 20.9 Å². The van der Waals surface area contributed by atoms with Crippen molar-refractivity contribution in [2.24, 2.45) is 4.99 Å². The number of amides is 1. The average Bonchev–Trinajstić information content (AvgIpc) is 2.77. The molecule has 0 unspecified atom stereocenters. The van der Waals surface area contributed by atoms with Crippen molar-refractivity contribution in [3.05, 3.63) is 65.0 Å². The largest absolute Gasteiger partial charge is 0.370 e. The highest BCUT2D eigenvalue weighted by Gasteiger charge is 2.09. The monoisotopic (exact) mass is 413 g/mol. The zero-order valence-electron chi connectivity index (χ0n) is 18.3. The first-order valence-corrected chi connectivity index (χ1v) is 10.3. The van der Waals surface area contributed by atoms with Crippen LogP contribution in [0, 0.1) is 5.82 Å². The Hall–Kier alpha value is -3.09. The summed E-state index contributed by atoms with van der Waals surface area (Å²) < 4.78 is 14.4. The fourth-order valence-corrected chi connectivity index (χ4v) is 3.23. The lowest BCUT2D eigenvalue weighted by molar-refractivity contribution is 0.0963. The summed E-state index contributed by atoms with van der Waals surface area (Å²) in [4.78, 5) is 18.0. The fraction of sp³-hybridized carbons (Fsp3) is 0.391. The van der Waals surface area contributed by atoms with Gasteiger partial charge in [0.25, 0.3) is 5.91 Å². The minimum absolute atomic E-state index is 0.0958. The zero-order valence-corrected chi connectivity index (χ0v) is 18.3. The Morgan fingerprint density at radius 1 is 1.07 bits per heavy atom. The van der Waals surface area contributed by atoms with Gasteiger partial charge < -0.3 is 20.9 Å². The Kier molecular flexibility index (Phi) is 9.12. The molecule has 6 nitrogen and oxygen atoms in total. The summed E-state index contributed by atoms with van der Waals surface area (Å²) in [5.41, 5.74) is 3.19. The Morgan fingerprint density at radius 3 is 2.47 bits per heavy atom. The van der Waals surface area contributed by atoms with Crippen molar-refractivity contribution in [3.63, 3.8) is 0 Å². The van der Waals surface area contributed by atoms with Crippen molar-refractivity contribution in [1.29, 1.82) is 0 Å². The first-order valence-electron chi connectivity index (χ1n) is 10.3. The minimum atomic E-state index is -0.211. The van der Waals surface area contributed by atoms with Crippen molar-refractivity contribution < 1.29 is 9.18 Å². The van der Waals surface area contributed by atoms with Crippen molar-refractivity contribution in [3.8, 4) is 0 Å². The highest BCUT2D eigenvalue weighted by atomic mass is 19.1. The maximum Gasteiger partial charge on any atom is 0.251 e. The van der Waals surface area contributed by atoms with E-state index in [4.69, 9.17) is 0 Å². The smallest absolute Gasteiger partial charge is 0.251 e. The van der Waals surface area contributed by atoms with Gasteiger partial charge in [-0.25, -0.2) is 4.39 Å². The SMILES string of the molecule is CCN(CC)c1ccc(CNC(=NC)NCCc2cccc(C(=O)NC)c2)cc1F. The maximum absolute atomic E-state index is 14.4. The normalized spacial score (nSPS) is 11.2. The third-order valence-corrected chi connectivity index (χ3v) is 4.92. The van der Waals surface area contributed by atoms with Gasteiger partial charge in [0.15, 0.2) is 5.96 Å². The van der Waals surface area contributed by atoms with E-state index in [0.29, 0.717) is 30.3 Å². The molecule has 162 valence electrons. The summed E-state index contributed by atoms with van der Waals surface area (Å²) in [6, 6.07) is 12.9. The molecule has 0 atom stereocenters. The number of anilines is 1. The van der Waals surface area contributed by atoms with Crippen LogP contribution in [0.1, 0.15) is 35.3 Å². The molecule has 0 saturated heterocycles. The second-order valence-corrected chi connectivity index (χ2v) is 6.84. The molecule has 0 bridgehead atoms. The van der Waals surface area contributed by atoms with Gasteiger partial charge in [-0.05, 0) is 55.7 Å². The van der Waals surface area contributed by atoms with Crippen LogP contribution in [0.5, 0.6) is 0 Å². The summed E-state index contributed by atoms with van der Waals surface area (Å²) in [6.45, 7) is 6.71. The number of halogens is 1. The second-order valence-electron chi connectivity index (χ2n) is 6.84. The van der Waals surface area contributed by atoms with E-state index in [1.54, 1.807) is 26.2 Å². The summed E-state index contributed by atoms with van der Waals surface area (Å²) in [5.74, 6) is 0.337. The van der Waals surface area contributed by atoms with E-state index in [0.717, 1.165) is 30.6 Å². The lowest BCUT2D eigenvalue weighted by Gasteiger charge is -2.22. The molecular weight excluding hydrogens is 381 g/mol. The molecule has 7 heteroatoms. The van der Waals surface area contributed by atoms with Gasteiger partial charge in [-0.2, -0.15) is 0 Å². The highest BCUT2D eigenvalue weighted by Crippen LogP contribution is 2.20. The van der Waals surface area contributed by atoms with Gasteiger partial charge in [-0.1, -0.05) is 18.2 Å². The van der Waals surface area contributed by atoms with E-state index in [1.165, 1.54) is 0 Å². The molecule has 0 aromatic heterocycles. The Balaban J connectivity index is 1.87. The van der Waals surface area contributed by atoms with Crippen LogP contribution >= 0.6 is 0 Å². The molecule has 2 aromatic rings. The lowest BCUT2D eigenvalue weighted by atomic mass is 10.1. The van der Waals surface area contributed by atoms with Gasteiger partial charge in [0.05, 0.1) is 5.69 Å². The number of rotatable bonds is 9. The van der Waals surface area contributed by atoms with Crippen molar-refractivity contribution in [1.82, 2.24) is 16.0 Å². The molecule has 0 aliphatic rings. The third-order valence-electron chi connectivity index (χ3n) is 4.92. The van der Waals surface area contributed by atoms with E-state index in [2.05, 4.69) is 20.9 Å². The van der Waals surface area contributed by atoms with E-state index in [-0.39, 0.29) is 11.7 Å². The van der Waals surface area contributed by atoms with Crippen LogP contribution in [0.3, 0.4) is 0 Å². The van der Waals surface area contributed by atoms with E-state index in [1.807, 2.05) is 49.1 Å². The number of nitrogens with zero attached hydrogens (tertiary/aromatic N) is 2. The molecular formula is C23H32FN5O. The summed E-state index contributed by atoms with van der Waals surface area (Å²) in [7, 11) is 3.32. The quantitative estimate of drug-likeness (QED) is 0.437. The van der Waals surface area contributed by atoms with Crippen LogP contribution in [-0.2, 0) is 13.0 Å². The van der Waals surface area contributed by atoms with E-state index in [9.17, 15) is 9.18 Å². The molecule has 0 saturated carbocycles. The molecule has 3 N–H and O–H groups in total. The molecule has 0 aliphatic heterocycles. The zero-order chi connectivity index (χ0) is 21.9. The maximum atomic E-state index is 14.4. The summed E-state index contributed by atoms with van der Waals surface area (Å²) in [5, 5.41) is 9.09. The first-order chi connectivity index (χ1) is 14.5. The van der Waals surface area contributed by atoms with Crippen LogP contribution in [0.15, 0.2) is 47.5 Å². The first kappa shape index (κ1) is 23.2. The van der Waals surface area contributed by atoms with Crippen molar-refractivity contribution in [2.75, 3.05) is 38.6 Å². The number of aliphatic imine (C=N–C) groups is 1. The van der Waals surface area contributed by atoms with Gasteiger partial charge in [0, 0.05) is 45.8 Å².